The van der Waals surface area contributed by atoms with E-state index >= 15 is 0 Å². The fourth-order valence-electron chi connectivity index (χ4n) is 2.33. The van der Waals surface area contributed by atoms with Crippen LogP contribution in [0.4, 0.5) is 0 Å². The van der Waals surface area contributed by atoms with E-state index in [0.717, 1.165) is 12.8 Å². The van der Waals surface area contributed by atoms with Crippen molar-refractivity contribution in [2.45, 2.75) is 37.9 Å². The van der Waals surface area contributed by atoms with Crippen LogP contribution in [0.25, 0.3) is 0 Å². The molecule has 0 N–H and O–H groups in total. The predicted octanol–water partition coefficient (Wildman–Crippen LogP) is 1.12. The molecule has 0 aromatic carbocycles. The molecule has 1 saturated heterocycles. The van der Waals surface area contributed by atoms with Crippen molar-refractivity contribution in [3.05, 3.63) is 0 Å². The Morgan fingerprint density at radius 3 is 2.58 bits per heavy atom. The number of methoxy groups -OCH3 is 1. The Labute approximate surface area is 72.0 Å². The number of epoxide rings is 1. The molecule has 2 rings (SSSR count). The topological polar surface area (TPSA) is 38.8 Å². The van der Waals surface area contributed by atoms with Gasteiger partial charge >= 0.3 is 5.97 Å². The summed E-state index contributed by atoms with van der Waals surface area (Å²) in [4.78, 5) is 11.3. The number of carbonyl (C=O) groups excluding carboxylic acids is 1. The molecule has 2 aliphatic rings. The average Bonchev–Trinajstić information content (AvgIpc) is 2.56. The normalized spacial score (nSPS) is 50.1. The summed E-state index contributed by atoms with van der Waals surface area (Å²) in [5.74, 6) is 0.464. The van der Waals surface area contributed by atoms with E-state index in [-0.39, 0.29) is 11.6 Å². The van der Waals surface area contributed by atoms with Crippen molar-refractivity contribution < 1.29 is 14.3 Å². The van der Waals surface area contributed by atoms with Gasteiger partial charge in [-0.1, -0.05) is 6.92 Å². The Hall–Kier alpha value is -0.570. The third kappa shape index (κ3) is 0.724. The van der Waals surface area contributed by atoms with Crippen molar-refractivity contribution in [2.75, 3.05) is 7.11 Å². The Morgan fingerprint density at radius 1 is 1.58 bits per heavy atom. The lowest BCUT2D eigenvalue weighted by molar-refractivity contribution is -0.146. The summed E-state index contributed by atoms with van der Waals surface area (Å²) in [6.45, 7) is 4.00. The Morgan fingerprint density at radius 2 is 2.17 bits per heavy atom. The first-order valence-corrected chi connectivity index (χ1v) is 4.33. The monoisotopic (exact) mass is 170 g/mol. The molecule has 2 fully saturated rings. The molecule has 0 bridgehead atoms. The molecular weight excluding hydrogens is 156 g/mol. The van der Waals surface area contributed by atoms with Crippen molar-refractivity contribution in [1.29, 1.82) is 0 Å². The number of esters is 1. The molecule has 0 aromatic heterocycles. The lowest BCUT2D eigenvalue weighted by Gasteiger charge is -2.31. The molecule has 1 spiro atoms. The van der Waals surface area contributed by atoms with Crippen LogP contribution in [0.2, 0.25) is 0 Å². The summed E-state index contributed by atoms with van der Waals surface area (Å²) in [6, 6.07) is 0. The van der Waals surface area contributed by atoms with E-state index < -0.39 is 5.60 Å². The van der Waals surface area contributed by atoms with Gasteiger partial charge in [-0.15, -0.1) is 0 Å². The van der Waals surface area contributed by atoms with Gasteiger partial charge in [0.05, 0.1) is 7.11 Å². The lowest BCUT2D eigenvalue weighted by atomic mass is 9.69. The summed E-state index contributed by atoms with van der Waals surface area (Å²) in [5, 5.41) is 0. The second-order valence-electron chi connectivity index (χ2n) is 4.13. The Bertz CT molecular complexity index is 230. The molecule has 3 heteroatoms. The van der Waals surface area contributed by atoms with E-state index in [2.05, 4.69) is 11.7 Å². The van der Waals surface area contributed by atoms with Crippen LogP contribution in [-0.2, 0) is 14.3 Å². The first-order chi connectivity index (χ1) is 5.54. The van der Waals surface area contributed by atoms with Gasteiger partial charge in [0, 0.05) is 0 Å². The quantitative estimate of drug-likeness (QED) is 0.437. The van der Waals surface area contributed by atoms with E-state index in [1.807, 2.05) is 6.92 Å². The molecule has 1 atom stereocenters. The summed E-state index contributed by atoms with van der Waals surface area (Å²) >= 11 is 0. The van der Waals surface area contributed by atoms with Crippen LogP contribution in [-0.4, -0.2) is 24.3 Å². The number of ether oxygens (including phenoxy) is 2. The highest BCUT2D eigenvalue weighted by molar-refractivity contribution is 5.84. The van der Waals surface area contributed by atoms with Gasteiger partial charge < -0.3 is 9.47 Å². The van der Waals surface area contributed by atoms with E-state index in [4.69, 9.17) is 4.74 Å². The van der Waals surface area contributed by atoms with Crippen LogP contribution < -0.4 is 0 Å². The average molecular weight is 170 g/mol. The lowest BCUT2D eigenvalue weighted by Crippen LogP contribution is -2.41. The van der Waals surface area contributed by atoms with E-state index in [1.165, 1.54) is 7.11 Å². The zero-order valence-corrected chi connectivity index (χ0v) is 7.72. The zero-order chi connectivity index (χ0) is 8.98. The maximum Gasteiger partial charge on any atom is 0.340 e. The predicted molar refractivity (Wildman–Crippen MR) is 42.6 cm³/mol. The second kappa shape index (κ2) is 2.02. The van der Waals surface area contributed by atoms with Crippen molar-refractivity contribution in [2.24, 2.45) is 5.92 Å². The van der Waals surface area contributed by atoms with Crippen LogP contribution >= 0.6 is 0 Å². The fraction of sp³-hybridized carbons (Fsp3) is 0.889. The minimum absolute atomic E-state index is 0.153. The highest BCUT2D eigenvalue weighted by atomic mass is 16.7. The highest BCUT2D eigenvalue weighted by Crippen LogP contribution is 2.62. The molecule has 3 nitrogen and oxygen atoms in total. The van der Waals surface area contributed by atoms with Gasteiger partial charge in [-0.05, 0) is 25.7 Å². The smallest absolute Gasteiger partial charge is 0.340 e. The highest BCUT2D eigenvalue weighted by Gasteiger charge is 2.76. The number of rotatable bonds is 1. The van der Waals surface area contributed by atoms with Gasteiger partial charge in [0.1, 0.15) is 5.60 Å². The standard InChI is InChI=1S/C9H14O3/c1-6-4-9(5-6)8(2,12-9)7(10)11-3/h6H,4-5H2,1-3H3. The SMILES string of the molecule is COC(=O)C1(C)OC12CC(C)C2. The maximum atomic E-state index is 11.3. The summed E-state index contributed by atoms with van der Waals surface area (Å²) < 4.78 is 10.2. The third-order valence-corrected chi connectivity index (χ3v) is 3.16. The van der Waals surface area contributed by atoms with Crippen LogP contribution in [0.15, 0.2) is 0 Å². The first kappa shape index (κ1) is 8.05. The fourth-order valence-corrected chi connectivity index (χ4v) is 2.33. The molecule has 12 heavy (non-hydrogen) atoms. The third-order valence-electron chi connectivity index (χ3n) is 3.16. The van der Waals surface area contributed by atoms with Crippen molar-refractivity contribution in [3.63, 3.8) is 0 Å². The van der Waals surface area contributed by atoms with Gasteiger partial charge in [0.2, 0.25) is 0 Å². The van der Waals surface area contributed by atoms with Crippen molar-refractivity contribution in [1.82, 2.24) is 0 Å². The minimum Gasteiger partial charge on any atom is -0.467 e. The molecule has 0 aromatic rings. The van der Waals surface area contributed by atoms with Crippen LogP contribution in [0.5, 0.6) is 0 Å². The molecule has 1 aliphatic carbocycles. The summed E-state index contributed by atoms with van der Waals surface area (Å²) in [6.07, 6.45) is 2.00. The van der Waals surface area contributed by atoms with Crippen LogP contribution in [0, 0.1) is 5.92 Å². The summed E-state index contributed by atoms with van der Waals surface area (Å²) in [5.41, 5.74) is -0.784. The number of carbonyl (C=O) groups is 1. The van der Waals surface area contributed by atoms with Crippen molar-refractivity contribution >= 4 is 5.97 Å². The van der Waals surface area contributed by atoms with E-state index in [1.54, 1.807) is 0 Å². The largest absolute Gasteiger partial charge is 0.467 e. The van der Waals surface area contributed by atoms with Gasteiger partial charge in [-0.3, -0.25) is 0 Å². The molecule has 0 amide bonds. The first-order valence-electron chi connectivity index (χ1n) is 4.33. The van der Waals surface area contributed by atoms with Gasteiger partial charge in [0.15, 0.2) is 5.60 Å². The molecule has 1 unspecified atom stereocenters. The van der Waals surface area contributed by atoms with Gasteiger partial charge in [-0.25, -0.2) is 4.79 Å². The molecular formula is C9H14O3. The second-order valence-corrected chi connectivity index (χ2v) is 4.13. The zero-order valence-electron chi connectivity index (χ0n) is 7.72. The summed E-state index contributed by atoms with van der Waals surface area (Å²) in [7, 11) is 1.41. The molecule has 1 saturated carbocycles. The van der Waals surface area contributed by atoms with E-state index in [9.17, 15) is 4.79 Å². The van der Waals surface area contributed by atoms with Gasteiger partial charge in [0.25, 0.3) is 0 Å². The molecule has 1 aliphatic heterocycles. The van der Waals surface area contributed by atoms with Crippen LogP contribution in [0.1, 0.15) is 26.7 Å². The Balaban J connectivity index is 2.05. The molecule has 1 heterocycles. The van der Waals surface area contributed by atoms with Crippen LogP contribution in [0.3, 0.4) is 0 Å². The maximum absolute atomic E-state index is 11.3. The minimum atomic E-state index is -0.631. The molecule has 0 radical (unpaired) electrons. The van der Waals surface area contributed by atoms with Crippen molar-refractivity contribution in [3.8, 4) is 0 Å². The molecule has 68 valence electrons. The van der Waals surface area contributed by atoms with E-state index in [0.29, 0.717) is 5.92 Å². The number of hydrogen-bond acceptors (Lipinski definition) is 3. The Kier molecular flexibility index (Phi) is 1.35. The number of hydrogen-bond donors (Lipinski definition) is 0. The van der Waals surface area contributed by atoms with Gasteiger partial charge in [-0.2, -0.15) is 0 Å².